The minimum absolute atomic E-state index is 0.0441. The Bertz CT molecular complexity index is 1170. The van der Waals surface area contributed by atoms with E-state index in [2.05, 4.69) is 0 Å². The number of ketones is 2. The maximum atomic E-state index is 12.8. The zero-order chi connectivity index (χ0) is 25.9. The van der Waals surface area contributed by atoms with Gasteiger partial charge in [0.1, 0.15) is 23.1 Å². The lowest BCUT2D eigenvalue weighted by atomic mass is 9.87. The summed E-state index contributed by atoms with van der Waals surface area (Å²) < 4.78 is 5.10. The number of carbonyl (C=O) groups is 2. The number of aryl methyl sites for hydroxylation is 2. The summed E-state index contributed by atoms with van der Waals surface area (Å²) in [6.45, 7) is 0. The van der Waals surface area contributed by atoms with Gasteiger partial charge < -0.3 is 20.1 Å². The topological polar surface area (TPSA) is 104 Å². The number of ether oxygens (including phenoxy) is 1. The molecule has 0 fully saturated rings. The first kappa shape index (κ1) is 26.8. The van der Waals surface area contributed by atoms with Gasteiger partial charge in [-0.25, -0.2) is 0 Å². The van der Waals surface area contributed by atoms with Gasteiger partial charge in [0.25, 0.3) is 0 Å². The molecule has 0 heterocycles. The van der Waals surface area contributed by atoms with E-state index in [1.807, 2.05) is 18.2 Å². The molecule has 0 aliphatic heterocycles. The van der Waals surface area contributed by atoms with Gasteiger partial charge in [-0.3, -0.25) is 9.59 Å². The van der Waals surface area contributed by atoms with Crippen molar-refractivity contribution in [1.82, 2.24) is 0 Å². The van der Waals surface area contributed by atoms with Crippen LogP contribution >= 0.6 is 0 Å². The lowest BCUT2D eigenvalue weighted by Gasteiger charge is -2.17. The number of carbonyl (C=O) groups excluding carboxylic acids is 2. The predicted octanol–water partition coefficient (Wildman–Crippen LogP) is 5.86. The maximum Gasteiger partial charge on any atom is 0.160 e. The fourth-order valence-electron chi connectivity index (χ4n) is 4.41. The van der Waals surface area contributed by atoms with Crippen molar-refractivity contribution in [2.75, 3.05) is 7.11 Å². The Balaban J connectivity index is 1.53. The van der Waals surface area contributed by atoms with E-state index >= 15 is 0 Å². The molecule has 0 amide bonds. The Kier molecular flexibility index (Phi) is 9.92. The van der Waals surface area contributed by atoms with Crippen LogP contribution in [0.25, 0.3) is 0 Å². The molecule has 190 valence electrons. The number of benzene rings is 3. The lowest BCUT2D eigenvalue weighted by molar-refractivity contribution is -0.127. The molecule has 3 rings (SSSR count). The van der Waals surface area contributed by atoms with Crippen molar-refractivity contribution >= 4 is 11.6 Å². The quantitative estimate of drug-likeness (QED) is 0.193. The Morgan fingerprint density at radius 3 is 2.25 bits per heavy atom. The second-order valence-corrected chi connectivity index (χ2v) is 9.17. The molecule has 3 N–H and O–H groups in total. The van der Waals surface area contributed by atoms with Gasteiger partial charge in [0.05, 0.1) is 13.5 Å². The van der Waals surface area contributed by atoms with Crippen molar-refractivity contribution < 1.29 is 29.6 Å². The third kappa shape index (κ3) is 8.45. The van der Waals surface area contributed by atoms with Crippen LogP contribution in [0.4, 0.5) is 0 Å². The molecule has 0 radical (unpaired) electrons. The fourth-order valence-corrected chi connectivity index (χ4v) is 4.41. The Morgan fingerprint density at radius 2 is 1.53 bits per heavy atom. The van der Waals surface area contributed by atoms with E-state index in [4.69, 9.17) is 4.74 Å². The number of hydrogen-bond donors (Lipinski definition) is 3. The van der Waals surface area contributed by atoms with E-state index in [1.165, 1.54) is 13.2 Å². The summed E-state index contributed by atoms with van der Waals surface area (Å²) >= 11 is 0. The predicted molar refractivity (Wildman–Crippen MR) is 139 cm³/mol. The molecule has 3 aromatic carbocycles. The van der Waals surface area contributed by atoms with Gasteiger partial charge in [0, 0.05) is 12.8 Å². The summed E-state index contributed by atoms with van der Waals surface area (Å²) in [5.41, 5.74) is 2.82. The summed E-state index contributed by atoms with van der Waals surface area (Å²) in [6, 6.07) is 19.2. The molecule has 6 nitrogen and oxygen atoms in total. The molecular formula is C30H34O6. The van der Waals surface area contributed by atoms with Crippen LogP contribution in [0.15, 0.2) is 66.7 Å². The molecule has 0 bridgehead atoms. The van der Waals surface area contributed by atoms with Crippen molar-refractivity contribution in [3.05, 3.63) is 83.4 Å². The Hall–Kier alpha value is -3.80. The molecule has 0 unspecified atom stereocenters. The Labute approximate surface area is 212 Å². The highest BCUT2D eigenvalue weighted by Crippen LogP contribution is 2.30. The van der Waals surface area contributed by atoms with Crippen LogP contribution in [0.2, 0.25) is 0 Å². The Morgan fingerprint density at radius 1 is 0.806 bits per heavy atom. The fraction of sp³-hybridized carbons (Fsp3) is 0.333. The van der Waals surface area contributed by atoms with Gasteiger partial charge in [0.15, 0.2) is 11.5 Å². The minimum atomic E-state index is -0.120. The molecule has 0 aliphatic carbocycles. The van der Waals surface area contributed by atoms with E-state index in [1.54, 1.807) is 42.5 Å². The first-order valence-electron chi connectivity index (χ1n) is 12.3. The van der Waals surface area contributed by atoms with Gasteiger partial charge in [-0.1, -0.05) is 36.8 Å². The largest absolute Gasteiger partial charge is 0.508 e. The summed E-state index contributed by atoms with van der Waals surface area (Å²) in [6.07, 6.45) is 4.20. The van der Waals surface area contributed by atoms with Gasteiger partial charge in [-0.15, -0.1) is 0 Å². The van der Waals surface area contributed by atoms with Crippen molar-refractivity contribution in [2.45, 2.75) is 57.3 Å². The number of Topliss-reactive ketones (excluding diaryl/α,β-unsaturated/α-hetero) is 2. The van der Waals surface area contributed by atoms with Crippen LogP contribution in [0.3, 0.4) is 0 Å². The molecule has 0 aromatic heterocycles. The normalized spacial score (nSPS) is 11.7. The zero-order valence-corrected chi connectivity index (χ0v) is 20.7. The molecule has 0 saturated heterocycles. The third-order valence-corrected chi connectivity index (χ3v) is 6.33. The van der Waals surface area contributed by atoms with Crippen LogP contribution in [-0.4, -0.2) is 34.0 Å². The number of phenols is 3. The number of aromatic hydroxyl groups is 3. The van der Waals surface area contributed by atoms with E-state index < -0.39 is 0 Å². The van der Waals surface area contributed by atoms with Gasteiger partial charge in [0.2, 0.25) is 0 Å². The molecule has 0 saturated carbocycles. The summed E-state index contributed by atoms with van der Waals surface area (Å²) in [4.78, 5) is 25.3. The highest BCUT2D eigenvalue weighted by molar-refractivity contribution is 5.99. The monoisotopic (exact) mass is 490 g/mol. The number of unbranched alkanes of at least 4 members (excludes halogenated alkanes) is 1. The van der Waals surface area contributed by atoms with Gasteiger partial charge in [-0.2, -0.15) is 0 Å². The first-order chi connectivity index (χ1) is 17.3. The van der Waals surface area contributed by atoms with Crippen LogP contribution < -0.4 is 4.74 Å². The average Bonchev–Trinajstić information content (AvgIpc) is 2.85. The number of rotatable bonds is 14. The van der Waals surface area contributed by atoms with Gasteiger partial charge >= 0.3 is 0 Å². The molecule has 0 spiro atoms. The maximum absolute atomic E-state index is 12.8. The average molecular weight is 491 g/mol. The van der Waals surface area contributed by atoms with Crippen LogP contribution in [0.1, 0.15) is 61.1 Å². The van der Waals surface area contributed by atoms with Crippen LogP contribution in [-0.2, 0) is 22.4 Å². The number of methoxy groups -OCH3 is 1. The molecule has 3 aromatic rings. The second-order valence-electron chi connectivity index (χ2n) is 9.17. The van der Waals surface area contributed by atoms with Crippen molar-refractivity contribution in [1.29, 1.82) is 0 Å². The lowest BCUT2D eigenvalue weighted by Crippen LogP contribution is -2.13. The second kappa shape index (κ2) is 13.3. The smallest absolute Gasteiger partial charge is 0.160 e. The summed E-state index contributed by atoms with van der Waals surface area (Å²) in [5.74, 6) is 0.505. The molecule has 6 heteroatoms. The van der Waals surface area contributed by atoms with Crippen molar-refractivity contribution in [3.63, 3.8) is 0 Å². The van der Waals surface area contributed by atoms with Crippen LogP contribution in [0.5, 0.6) is 23.0 Å². The number of phenolic OH excluding ortho intramolecular Hbond substituents is 3. The summed E-state index contributed by atoms with van der Waals surface area (Å²) in [5, 5.41) is 29.3. The summed E-state index contributed by atoms with van der Waals surface area (Å²) in [7, 11) is 1.47. The van der Waals surface area contributed by atoms with Crippen LogP contribution in [0, 0.1) is 0 Å². The van der Waals surface area contributed by atoms with Crippen molar-refractivity contribution in [2.24, 2.45) is 0 Å². The molecule has 36 heavy (non-hydrogen) atoms. The minimum Gasteiger partial charge on any atom is -0.508 e. The molecule has 0 aliphatic rings. The van der Waals surface area contributed by atoms with Crippen molar-refractivity contribution in [3.8, 4) is 23.0 Å². The van der Waals surface area contributed by atoms with E-state index in [-0.39, 0.29) is 54.0 Å². The third-order valence-electron chi connectivity index (χ3n) is 6.33. The zero-order valence-electron chi connectivity index (χ0n) is 20.7. The number of hydrogen-bond acceptors (Lipinski definition) is 6. The van der Waals surface area contributed by atoms with E-state index in [0.29, 0.717) is 12.2 Å². The SMILES string of the molecule is COc1cc(CCC(=O)CC(=O)C[C@H](CCCCc2cccc(O)c2)c2cccc(O)c2)ccc1O. The van der Waals surface area contributed by atoms with E-state index in [0.717, 1.165) is 42.4 Å². The first-order valence-corrected chi connectivity index (χ1v) is 12.3. The molecule has 1 atom stereocenters. The molecular weight excluding hydrogens is 456 g/mol. The highest BCUT2D eigenvalue weighted by atomic mass is 16.5. The van der Waals surface area contributed by atoms with E-state index in [9.17, 15) is 24.9 Å². The highest BCUT2D eigenvalue weighted by Gasteiger charge is 2.19. The van der Waals surface area contributed by atoms with Gasteiger partial charge in [-0.05, 0) is 84.7 Å². The standard InChI is InChI=1S/C30H34O6/c1-36-30-17-22(13-15-29(30)35)12-14-27(33)20-28(34)19-23(24-9-5-11-26(32)18-24)8-3-2-6-21-7-4-10-25(31)16-21/h4-5,7,9-11,13,15-18,23,31-32,35H,2-3,6,8,12,14,19-20H2,1H3/t23-/m0/s1.